The average Bonchev–Trinajstić information content (AvgIpc) is 3.38. The number of nitrogens with one attached hydrogen (secondary N) is 3. The summed E-state index contributed by atoms with van der Waals surface area (Å²) in [5, 5.41) is 31.5. The van der Waals surface area contributed by atoms with Gasteiger partial charge in [-0.1, -0.05) is 29.3 Å². The Morgan fingerprint density at radius 2 is 1.94 bits per heavy atom. The van der Waals surface area contributed by atoms with Crippen LogP contribution in [0.25, 0.3) is 0 Å². The molecule has 1 aromatic rings. The number of nitrogens with zero attached hydrogens (tertiary/aromatic N) is 3. The number of hydrogen-bond acceptors (Lipinski definition) is 10. The molecule has 4 heterocycles. The summed E-state index contributed by atoms with van der Waals surface area (Å²) >= 11 is 12.2. The summed E-state index contributed by atoms with van der Waals surface area (Å²) in [7, 11) is 0. The van der Waals surface area contributed by atoms with Gasteiger partial charge in [0.25, 0.3) is 5.91 Å². The topological polar surface area (TPSA) is 198 Å². The van der Waals surface area contributed by atoms with Crippen LogP contribution in [0.15, 0.2) is 23.2 Å². The van der Waals surface area contributed by atoms with Gasteiger partial charge < -0.3 is 26.6 Å². The van der Waals surface area contributed by atoms with E-state index in [1.54, 1.807) is 0 Å². The fourth-order valence-electron chi connectivity index (χ4n) is 5.25. The first kappa shape index (κ1) is 23.6. The first-order chi connectivity index (χ1) is 16.5. The van der Waals surface area contributed by atoms with Crippen LogP contribution in [0, 0.1) is 0 Å². The standard InChI is InChI=1S/C20H22Cl2N8O5/c21-9-3-1-2-8(14(9)22)16(33)26-11-7-30-18(24)25-10(6-29-12(31)4-5-13(29)32)15-19(30,20(11,34)35)28-17(23)27-15/h1-3,10-11,15,34-35H,4-7H2,(H6,23,24,25,26,27,28,33)/p+1/t10-,11?,15-,19-/m0/s1. The van der Waals surface area contributed by atoms with E-state index >= 15 is 0 Å². The molecule has 3 amide bonds. The lowest BCUT2D eigenvalue weighted by Crippen LogP contribution is -2.79. The van der Waals surface area contributed by atoms with Gasteiger partial charge in [-0.3, -0.25) is 30.3 Å². The molecule has 9 N–H and O–H groups in total. The van der Waals surface area contributed by atoms with Crippen LogP contribution in [0.5, 0.6) is 0 Å². The highest BCUT2D eigenvalue weighted by molar-refractivity contribution is 6.43. The molecule has 4 aliphatic heterocycles. The average molecular weight is 526 g/mol. The largest absolute Gasteiger partial charge is 0.370 e. The molecule has 1 unspecified atom stereocenters. The number of aliphatic imine (C=N–C) groups is 1. The van der Waals surface area contributed by atoms with E-state index in [-0.39, 0.29) is 65.3 Å². The maximum atomic E-state index is 13.0. The Morgan fingerprint density at radius 3 is 2.63 bits per heavy atom. The zero-order chi connectivity index (χ0) is 25.3. The molecule has 0 aromatic heterocycles. The fraction of sp³-hybridized carbons (Fsp3) is 0.450. The van der Waals surface area contributed by atoms with E-state index in [9.17, 15) is 24.6 Å². The third kappa shape index (κ3) is 3.33. The lowest BCUT2D eigenvalue weighted by molar-refractivity contribution is -0.623. The monoisotopic (exact) mass is 525 g/mol. The Kier molecular flexibility index (Phi) is 5.36. The van der Waals surface area contributed by atoms with Gasteiger partial charge in [0.1, 0.15) is 18.1 Å². The van der Waals surface area contributed by atoms with Gasteiger partial charge in [0.2, 0.25) is 23.3 Å². The molecule has 1 aromatic carbocycles. The van der Waals surface area contributed by atoms with E-state index in [2.05, 4.69) is 20.9 Å². The molecular weight excluding hydrogens is 503 g/mol. The molecule has 15 heteroatoms. The number of benzene rings is 1. The van der Waals surface area contributed by atoms with Crippen LogP contribution < -0.4 is 27.4 Å². The predicted molar refractivity (Wildman–Crippen MR) is 123 cm³/mol. The Labute approximate surface area is 208 Å². The molecule has 4 aliphatic rings. The first-order valence-corrected chi connectivity index (χ1v) is 11.5. The highest BCUT2D eigenvalue weighted by Crippen LogP contribution is 2.42. The van der Waals surface area contributed by atoms with Crippen LogP contribution in [-0.4, -0.2) is 92.0 Å². The summed E-state index contributed by atoms with van der Waals surface area (Å²) in [5.41, 5.74) is 10.5. The molecule has 13 nitrogen and oxygen atoms in total. The third-order valence-corrected chi connectivity index (χ3v) is 7.72. The molecule has 4 atom stereocenters. The second-order valence-corrected chi connectivity index (χ2v) is 9.63. The van der Waals surface area contributed by atoms with Crippen LogP contribution >= 0.6 is 23.2 Å². The quantitative estimate of drug-likeness (QED) is 0.123. The van der Waals surface area contributed by atoms with Crippen LogP contribution in [0.4, 0.5) is 0 Å². The minimum Gasteiger partial charge on any atom is -0.370 e. The zero-order valence-electron chi connectivity index (χ0n) is 18.2. The number of halogens is 2. The second kappa shape index (κ2) is 7.95. The summed E-state index contributed by atoms with van der Waals surface area (Å²) < 4.78 is 1.41. The smallest absolute Gasteiger partial charge is 0.346 e. The Hall–Kier alpha value is -3.13. The van der Waals surface area contributed by atoms with Gasteiger partial charge in [-0.15, -0.1) is 0 Å². The van der Waals surface area contributed by atoms with Crippen molar-refractivity contribution in [3.63, 3.8) is 0 Å². The summed E-state index contributed by atoms with van der Waals surface area (Å²) in [5.74, 6) is -4.11. The molecule has 0 bridgehead atoms. The molecule has 0 radical (unpaired) electrons. The summed E-state index contributed by atoms with van der Waals surface area (Å²) in [4.78, 5) is 42.8. The maximum Gasteiger partial charge on any atom is 0.346 e. The maximum absolute atomic E-state index is 13.0. The van der Waals surface area contributed by atoms with E-state index in [4.69, 9.17) is 34.7 Å². The fourth-order valence-corrected chi connectivity index (χ4v) is 5.63. The van der Waals surface area contributed by atoms with Crippen molar-refractivity contribution >= 4 is 52.8 Å². The van der Waals surface area contributed by atoms with E-state index < -0.39 is 35.5 Å². The molecule has 1 spiro atoms. The molecule has 2 fully saturated rings. The number of carbonyl (C=O) groups excluding carboxylic acids is 3. The van der Waals surface area contributed by atoms with Crippen molar-refractivity contribution < 1.29 is 29.2 Å². The second-order valence-electron chi connectivity index (χ2n) is 8.85. The van der Waals surface area contributed by atoms with Gasteiger partial charge in [0, 0.05) is 12.8 Å². The minimum atomic E-state index is -2.66. The van der Waals surface area contributed by atoms with Crippen LogP contribution in [-0.2, 0) is 9.59 Å². The number of likely N-dealkylation sites (tertiary alicyclic amines) is 1. The lowest BCUT2D eigenvalue weighted by Gasteiger charge is -2.44. The number of amides is 3. The number of carbonyl (C=O) groups is 3. The number of guanidine groups is 2. The van der Waals surface area contributed by atoms with Crippen molar-refractivity contribution in [2.24, 2.45) is 16.5 Å². The van der Waals surface area contributed by atoms with Crippen LogP contribution in [0.1, 0.15) is 23.2 Å². The summed E-state index contributed by atoms with van der Waals surface area (Å²) in [6, 6.07) is 1.43. The lowest BCUT2D eigenvalue weighted by atomic mass is 9.85. The number of imide groups is 1. The molecule has 5 rings (SSSR count). The predicted octanol–water partition coefficient (Wildman–Crippen LogP) is -2.78. The molecule has 2 saturated heterocycles. The Bertz CT molecular complexity index is 1200. The SMILES string of the molecule is NC1=N[C@H]2[C@H](CN3C(=O)CCC3=O)NC(N)=[N+]3CC(NC(=O)c4cccc(Cl)c4Cl)C(O)(O)[C@]23N1. The minimum absolute atomic E-state index is 0.0132. The van der Waals surface area contributed by atoms with Crippen molar-refractivity contribution in [3.05, 3.63) is 33.8 Å². The van der Waals surface area contributed by atoms with Gasteiger partial charge >= 0.3 is 5.96 Å². The van der Waals surface area contributed by atoms with Gasteiger partial charge in [0.05, 0.1) is 28.7 Å². The molecule has 0 saturated carbocycles. The normalized spacial score (nSPS) is 31.0. The highest BCUT2D eigenvalue weighted by Gasteiger charge is 2.75. The molecule has 186 valence electrons. The van der Waals surface area contributed by atoms with Crippen molar-refractivity contribution in [1.29, 1.82) is 0 Å². The van der Waals surface area contributed by atoms with Gasteiger partial charge in [-0.25, -0.2) is 9.57 Å². The Balaban J connectivity index is 1.48. The Morgan fingerprint density at radius 1 is 1.26 bits per heavy atom. The van der Waals surface area contributed by atoms with Gasteiger partial charge in [-0.2, -0.15) is 0 Å². The van der Waals surface area contributed by atoms with Crippen molar-refractivity contribution in [3.8, 4) is 0 Å². The number of aliphatic hydroxyl groups is 2. The van der Waals surface area contributed by atoms with Crippen molar-refractivity contribution in [1.82, 2.24) is 20.9 Å². The zero-order valence-corrected chi connectivity index (χ0v) is 19.7. The highest BCUT2D eigenvalue weighted by atomic mass is 35.5. The van der Waals surface area contributed by atoms with Crippen molar-refractivity contribution in [2.75, 3.05) is 13.1 Å². The first-order valence-electron chi connectivity index (χ1n) is 10.8. The number of hydrogen-bond donors (Lipinski definition) is 7. The molecule has 0 aliphatic carbocycles. The van der Waals surface area contributed by atoms with E-state index in [1.165, 1.54) is 22.8 Å². The number of nitrogens with two attached hydrogens (primary N) is 2. The molecular formula is C20H23Cl2N8O5+. The van der Waals surface area contributed by atoms with E-state index in [0.29, 0.717) is 0 Å². The summed E-state index contributed by atoms with van der Waals surface area (Å²) in [6.07, 6.45) is 0.195. The number of rotatable bonds is 4. The van der Waals surface area contributed by atoms with Gasteiger partial charge in [-0.05, 0) is 12.1 Å². The summed E-state index contributed by atoms with van der Waals surface area (Å²) in [6.45, 7) is -0.251. The van der Waals surface area contributed by atoms with E-state index in [1.807, 2.05) is 0 Å². The van der Waals surface area contributed by atoms with Gasteiger partial charge in [0.15, 0.2) is 5.96 Å². The van der Waals surface area contributed by atoms with Crippen molar-refractivity contribution in [2.45, 2.75) is 42.4 Å². The van der Waals surface area contributed by atoms with Crippen LogP contribution in [0.2, 0.25) is 10.0 Å². The van der Waals surface area contributed by atoms with Crippen LogP contribution in [0.3, 0.4) is 0 Å². The third-order valence-electron chi connectivity index (χ3n) is 6.90. The molecule has 35 heavy (non-hydrogen) atoms. The van der Waals surface area contributed by atoms with E-state index in [0.717, 1.165) is 4.90 Å².